The van der Waals surface area contributed by atoms with Crippen LogP contribution in [0.1, 0.15) is 21.7 Å². The fourth-order valence-electron chi connectivity index (χ4n) is 2.64. The lowest BCUT2D eigenvalue weighted by Gasteiger charge is -2.08. The largest absolute Gasteiger partial charge is 0.322 e. The maximum Gasteiger partial charge on any atom is 0.271 e. The topological polar surface area (TPSA) is 103 Å². The molecule has 0 saturated heterocycles. The van der Waals surface area contributed by atoms with Crippen LogP contribution >= 0.6 is 0 Å². The summed E-state index contributed by atoms with van der Waals surface area (Å²) in [7, 11) is 1.77. The van der Waals surface area contributed by atoms with Crippen LogP contribution in [0.5, 0.6) is 0 Å². The minimum Gasteiger partial charge on any atom is -0.322 e. The van der Waals surface area contributed by atoms with Crippen LogP contribution in [0.3, 0.4) is 0 Å². The van der Waals surface area contributed by atoms with Crippen molar-refractivity contribution in [3.8, 4) is 0 Å². The first-order valence-electron chi connectivity index (χ1n) is 7.23. The number of rotatable bonds is 3. The number of aromatic nitrogens is 3. The Balaban J connectivity index is 2.03. The highest BCUT2D eigenvalue weighted by atomic mass is 16.6. The number of fused-ring (bicyclic) bond motifs is 1. The van der Waals surface area contributed by atoms with Crippen molar-refractivity contribution in [1.29, 1.82) is 0 Å². The van der Waals surface area contributed by atoms with E-state index in [1.54, 1.807) is 30.8 Å². The zero-order valence-electron chi connectivity index (χ0n) is 13.4. The predicted molar refractivity (Wildman–Crippen MR) is 89.0 cm³/mol. The van der Waals surface area contributed by atoms with Gasteiger partial charge in [-0.05, 0) is 26.0 Å². The highest BCUT2D eigenvalue weighted by Crippen LogP contribution is 2.23. The lowest BCUT2D eigenvalue weighted by molar-refractivity contribution is -0.384. The third-order valence-electron chi connectivity index (χ3n) is 3.66. The van der Waals surface area contributed by atoms with Crippen LogP contribution in [-0.2, 0) is 7.05 Å². The molecule has 3 rings (SSSR count). The number of nitro benzene ring substituents is 1. The van der Waals surface area contributed by atoms with Gasteiger partial charge in [-0.1, -0.05) is 6.07 Å². The summed E-state index contributed by atoms with van der Waals surface area (Å²) in [5.74, 6) is -0.359. The molecule has 8 heteroatoms. The van der Waals surface area contributed by atoms with Gasteiger partial charge in [-0.2, -0.15) is 5.10 Å². The van der Waals surface area contributed by atoms with Gasteiger partial charge in [-0.15, -0.1) is 0 Å². The van der Waals surface area contributed by atoms with Crippen molar-refractivity contribution in [3.05, 3.63) is 57.4 Å². The minimum absolute atomic E-state index is 0.0820. The molecule has 1 aromatic carbocycles. The molecule has 0 aliphatic heterocycles. The lowest BCUT2D eigenvalue weighted by atomic mass is 10.1. The summed E-state index contributed by atoms with van der Waals surface area (Å²) in [6.07, 6.45) is 0. The van der Waals surface area contributed by atoms with Gasteiger partial charge in [0.15, 0.2) is 5.65 Å². The average Bonchev–Trinajstić information content (AvgIpc) is 2.81. The molecule has 1 N–H and O–H groups in total. The molecule has 0 aliphatic carbocycles. The standard InChI is InChI=1S/C16H15N5O3/c1-9-7-13(14-10(2)19-20(3)15(14)17-9)16(22)18-11-5-4-6-12(8-11)21(23)24/h4-8H,1-3H3,(H,18,22). The first-order chi connectivity index (χ1) is 11.4. The average molecular weight is 325 g/mol. The zero-order chi connectivity index (χ0) is 17.4. The molecular weight excluding hydrogens is 310 g/mol. The number of hydrogen-bond donors (Lipinski definition) is 1. The van der Waals surface area contributed by atoms with Crippen LogP contribution in [-0.4, -0.2) is 25.6 Å². The highest BCUT2D eigenvalue weighted by Gasteiger charge is 2.18. The van der Waals surface area contributed by atoms with Gasteiger partial charge < -0.3 is 5.32 Å². The van der Waals surface area contributed by atoms with E-state index in [1.165, 1.54) is 18.2 Å². The molecule has 122 valence electrons. The second kappa shape index (κ2) is 5.73. The molecule has 0 atom stereocenters. The smallest absolute Gasteiger partial charge is 0.271 e. The van der Waals surface area contributed by atoms with Crippen molar-refractivity contribution < 1.29 is 9.72 Å². The normalized spacial score (nSPS) is 10.8. The molecule has 0 unspecified atom stereocenters. The van der Waals surface area contributed by atoms with Crippen LogP contribution in [0, 0.1) is 24.0 Å². The zero-order valence-corrected chi connectivity index (χ0v) is 13.4. The number of nitrogens with one attached hydrogen (secondary N) is 1. The van der Waals surface area contributed by atoms with E-state index < -0.39 is 4.92 Å². The second-order valence-electron chi connectivity index (χ2n) is 5.48. The summed E-state index contributed by atoms with van der Waals surface area (Å²) in [6.45, 7) is 3.61. The van der Waals surface area contributed by atoms with Gasteiger partial charge in [-0.25, -0.2) is 4.98 Å². The van der Waals surface area contributed by atoms with Crippen molar-refractivity contribution in [2.75, 3.05) is 5.32 Å². The van der Waals surface area contributed by atoms with E-state index in [4.69, 9.17) is 0 Å². The summed E-state index contributed by atoms with van der Waals surface area (Å²) >= 11 is 0. The van der Waals surface area contributed by atoms with Crippen molar-refractivity contribution >= 4 is 28.3 Å². The fourth-order valence-corrected chi connectivity index (χ4v) is 2.64. The number of anilines is 1. The van der Waals surface area contributed by atoms with E-state index in [1.807, 2.05) is 6.92 Å². The molecule has 24 heavy (non-hydrogen) atoms. The number of hydrogen-bond acceptors (Lipinski definition) is 5. The number of carbonyl (C=O) groups is 1. The molecule has 0 bridgehead atoms. The Labute approximate surface area is 137 Å². The van der Waals surface area contributed by atoms with Gasteiger partial charge >= 0.3 is 0 Å². The monoisotopic (exact) mass is 325 g/mol. The van der Waals surface area contributed by atoms with Crippen molar-refractivity contribution in [1.82, 2.24) is 14.8 Å². The van der Waals surface area contributed by atoms with E-state index in [-0.39, 0.29) is 11.6 Å². The Bertz CT molecular complexity index is 977. The third kappa shape index (κ3) is 2.69. The number of aryl methyl sites for hydroxylation is 3. The van der Waals surface area contributed by atoms with Gasteiger partial charge in [0.1, 0.15) is 0 Å². The van der Waals surface area contributed by atoms with E-state index in [9.17, 15) is 14.9 Å². The summed E-state index contributed by atoms with van der Waals surface area (Å²) in [6, 6.07) is 7.50. The van der Waals surface area contributed by atoms with Gasteiger partial charge in [0, 0.05) is 30.6 Å². The number of non-ortho nitro benzene ring substituents is 1. The van der Waals surface area contributed by atoms with E-state index >= 15 is 0 Å². The number of nitrogens with zero attached hydrogens (tertiary/aromatic N) is 4. The second-order valence-corrected chi connectivity index (χ2v) is 5.48. The molecule has 3 aromatic rings. The summed E-state index contributed by atoms with van der Waals surface area (Å²) in [5.41, 5.74) is 2.73. The quantitative estimate of drug-likeness (QED) is 0.589. The Morgan fingerprint density at radius 2 is 2.04 bits per heavy atom. The van der Waals surface area contributed by atoms with E-state index in [2.05, 4.69) is 15.4 Å². The first-order valence-corrected chi connectivity index (χ1v) is 7.23. The minimum atomic E-state index is -0.504. The van der Waals surface area contributed by atoms with Gasteiger partial charge in [0.05, 0.1) is 21.6 Å². The maximum atomic E-state index is 12.7. The molecule has 8 nitrogen and oxygen atoms in total. The van der Waals surface area contributed by atoms with Crippen molar-refractivity contribution in [2.24, 2.45) is 7.05 Å². The van der Waals surface area contributed by atoms with Crippen LogP contribution in [0.4, 0.5) is 11.4 Å². The fraction of sp³-hybridized carbons (Fsp3) is 0.188. The Morgan fingerprint density at radius 3 is 2.75 bits per heavy atom. The lowest BCUT2D eigenvalue weighted by Crippen LogP contribution is -2.13. The molecule has 0 spiro atoms. The number of carbonyl (C=O) groups excluding carboxylic acids is 1. The van der Waals surface area contributed by atoms with E-state index in [0.717, 1.165) is 0 Å². The number of benzene rings is 1. The summed E-state index contributed by atoms with van der Waals surface area (Å²) in [4.78, 5) is 27.4. The van der Waals surface area contributed by atoms with Crippen LogP contribution in [0.2, 0.25) is 0 Å². The number of nitro groups is 1. The first kappa shape index (κ1) is 15.6. The Kier molecular flexibility index (Phi) is 3.72. The molecule has 2 heterocycles. The SMILES string of the molecule is Cc1cc(C(=O)Nc2cccc([N+](=O)[O-])c2)c2c(C)nn(C)c2n1. The Morgan fingerprint density at radius 1 is 1.29 bits per heavy atom. The maximum absolute atomic E-state index is 12.7. The predicted octanol–water partition coefficient (Wildman–Crippen LogP) is 2.75. The number of pyridine rings is 1. The molecule has 0 aliphatic rings. The van der Waals surface area contributed by atoms with Gasteiger partial charge in [-0.3, -0.25) is 19.6 Å². The molecule has 2 aromatic heterocycles. The third-order valence-corrected chi connectivity index (χ3v) is 3.66. The molecular formula is C16H15N5O3. The molecule has 0 saturated carbocycles. The van der Waals surface area contributed by atoms with Crippen molar-refractivity contribution in [3.63, 3.8) is 0 Å². The van der Waals surface area contributed by atoms with Crippen molar-refractivity contribution in [2.45, 2.75) is 13.8 Å². The highest BCUT2D eigenvalue weighted by molar-refractivity contribution is 6.12. The summed E-state index contributed by atoms with van der Waals surface area (Å²) < 4.78 is 1.63. The van der Waals surface area contributed by atoms with E-state index in [0.29, 0.717) is 33.7 Å². The van der Waals surface area contributed by atoms with Gasteiger partial charge in [0.25, 0.3) is 11.6 Å². The van der Waals surface area contributed by atoms with Crippen LogP contribution in [0.25, 0.3) is 11.0 Å². The molecule has 0 radical (unpaired) electrons. The molecule has 1 amide bonds. The van der Waals surface area contributed by atoms with Gasteiger partial charge in [0.2, 0.25) is 0 Å². The summed E-state index contributed by atoms with van der Waals surface area (Å²) in [5, 5.41) is 18.5. The van der Waals surface area contributed by atoms with Crippen LogP contribution < -0.4 is 5.32 Å². The molecule has 0 fully saturated rings. The number of amides is 1. The van der Waals surface area contributed by atoms with Crippen LogP contribution in [0.15, 0.2) is 30.3 Å². The Hall–Kier alpha value is -3.29.